The number of hydrogen-bond donors (Lipinski definition) is 0. The Labute approximate surface area is 160 Å². The lowest BCUT2D eigenvalue weighted by molar-refractivity contribution is -0.136. The van der Waals surface area contributed by atoms with Crippen LogP contribution in [-0.4, -0.2) is 35.2 Å². The maximum absolute atomic E-state index is 13.1. The minimum Gasteiger partial charge on any atom is -0.365 e. The summed E-state index contributed by atoms with van der Waals surface area (Å²) in [5.41, 5.74) is 4.90. The van der Waals surface area contributed by atoms with Gasteiger partial charge in [0.05, 0.1) is 5.57 Å². The zero-order valence-electron chi connectivity index (χ0n) is 16.0. The largest absolute Gasteiger partial charge is 0.365 e. The van der Waals surface area contributed by atoms with Gasteiger partial charge in [0, 0.05) is 20.1 Å². The molecule has 1 aliphatic heterocycles. The Kier molecular flexibility index (Phi) is 5.26. The molecule has 2 aromatic rings. The number of hydrogen-bond acceptors (Lipinski definition) is 3. The number of benzene rings is 2. The van der Waals surface area contributed by atoms with Gasteiger partial charge in [-0.25, -0.2) is 0 Å². The summed E-state index contributed by atoms with van der Waals surface area (Å²) in [6, 6.07) is 15.8. The molecule has 2 amide bonds. The Balaban J connectivity index is 2.10. The Morgan fingerprint density at radius 3 is 2.37 bits per heavy atom. The van der Waals surface area contributed by atoms with E-state index in [1.165, 1.54) is 4.90 Å². The summed E-state index contributed by atoms with van der Waals surface area (Å²) in [4.78, 5) is 29.3. The van der Waals surface area contributed by atoms with Crippen molar-refractivity contribution in [3.8, 4) is 0 Å². The van der Waals surface area contributed by atoms with Crippen LogP contribution >= 0.6 is 0 Å². The van der Waals surface area contributed by atoms with Gasteiger partial charge >= 0.3 is 0 Å². The minimum atomic E-state index is -0.270. The molecule has 0 radical (unpaired) electrons. The van der Waals surface area contributed by atoms with Gasteiger partial charge in [-0.05, 0) is 30.5 Å². The number of carbonyl (C=O) groups is 2. The molecular formula is C23H24N2O2. The molecule has 0 atom stereocenters. The molecule has 1 aliphatic rings. The molecular weight excluding hydrogens is 336 g/mol. The average Bonchev–Trinajstić information content (AvgIpc) is 2.88. The fourth-order valence-corrected chi connectivity index (χ4v) is 3.49. The van der Waals surface area contributed by atoms with Crippen LogP contribution in [0.25, 0.3) is 5.57 Å². The molecule has 4 nitrogen and oxygen atoms in total. The minimum absolute atomic E-state index is 0.203. The number of aryl methyl sites for hydroxylation is 2. The average molecular weight is 360 g/mol. The highest BCUT2D eigenvalue weighted by Crippen LogP contribution is 2.33. The van der Waals surface area contributed by atoms with Crippen molar-refractivity contribution in [1.29, 1.82) is 0 Å². The van der Waals surface area contributed by atoms with Crippen LogP contribution in [0.15, 0.2) is 66.9 Å². The molecule has 2 aromatic carbocycles. The highest BCUT2D eigenvalue weighted by Gasteiger charge is 2.40. The summed E-state index contributed by atoms with van der Waals surface area (Å²) >= 11 is 0. The van der Waals surface area contributed by atoms with E-state index in [-0.39, 0.29) is 18.4 Å². The first-order chi connectivity index (χ1) is 12.9. The first kappa shape index (κ1) is 18.6. The van der Waals surface area contributed by atoms with Crippen LogP contribution in [0.5, 0.6) is 0 Å². The monoisotopic (exact) mass is 360 g/mol. The molecule has 4 heteroatoms. The summed E-state index contributed by atoms with van der Waals surface area (Å²) in [5, 5.41) is 0. The standard InChI is InChI=1S/C23H24N2O2/c1-5-13-25-22(26)20(19-12-11-16(2)14-17(19)3)21(23(25)27)24(4)15-18-9-7-6-8-10-18/h5-12,14H,1,13,15H2,2-4H3. The van der Waals surface area contributed by atoms with Crippen molar-refractivity contribution in [2.45, 2.75) is 20.4 Å². The quantitative estimate of drug-likeness (QED) is 0.583. The van der Waals surface area contributed by atoms with Gasteiger partial charge in [0.1, 0.15) is 5.70 Å². The molecule has 0 N–H and O–H groups in total. The first-order valence-electron chi connectivity index (χ1n) is 8.98. The molecule has 1 heterocycles. The third kappa shape index (κ3) is 3.56. The van der Waals surface area contributed by atoms with E-state index in [1.807, 2.05) is 74.3 Å². The zero-order valence-corrected chi connectivity index (χ0v) is 16.0. The maximum Gasteiger partial charge on any atom is 0.278 e. The fraction of sp³-hybridized carbons (Fsp3) is 0.217. The Bertz CT molecular complexity index is 929. The highest BCUT2D eigenvalue weighted by molar-refractivity contribution is 6.35. The van der Waals surface area contributed by atoms with Gasteiger partial charge in [-0.3, -0.25) is 14.5 Å². The second-order valence-electron chi connectivity index (χ2n) is 6.89. The molecule has 0 aliphatic carbocycles. The van der Waals surface area contributed by atoms with Crippen molar-refractivity contribution >= 4 is 17.4 Å². The molecule has 0 aromatic heterocycles. The van der Waals surface area contributed by atoms with E-state index < -0.39 is 0 Å². The molecule has 0 spiro atoms. The van der Waals surface area contributed by atoms with Crippen molar-refractivity contribution in [3.05, 3.63) is 89.1 Å². The van der Waals surface area contributed by atoms with Crippen molar-refractivity contribution in [3.63, 3.8) is 0 Å². The van der Waals surface area contributed by atoms with Crippen molar-refractivity contribution in [2.75, 3.05) is 13.6 Å². The van der Waals surface area contributed by atoms with Gasteiger partial charge in [-0.15, -0.1) is 6.58 Å². The lowest BCUT2D eigenvalue weighted by atomic mass is 9.97. The van der Waals surface area contributed by atoms with Crippen LogP contribution in [0.2, 0.25) is 0 Å². The molecule has 0 bridgehead atoms. The fourth-order valence-electron chi connectivity index (χ4n) is 3.49. The summed E-state index contributed by atoms with van der Waals surface area (Å²) in [7, 11) is 1.86. The Morgan fingerprint density at radius 1 is 1.04 bits per heavy atom. The van der Waals surface area contributed by atoms with E-state index in [9.17, 15) is 9.59 Å². The van der Waals surface area contributed by atoms with E-state index >= 15 is 0 Å². The van der Waals surface area contributed by atoms with E-state index in [1.54, 1.807) is 6.08 Å². The van der Waals surface area contributed by atoms with E-state index in [0.717, 1.165) is 22.3 Å². The van der Waals surface area contributed by atoms with Crippen LogP contribution < -0.4 is 0 Å². The van der Waals surface area contributed by atoms with E-state index in [2.05, 4.69) is 6.58 Å². The summed E-state index contributed by atoms with van der Waals surface area (Å²) in [6.45, 7) is 8.41. The smallest absolute Gasteiger partial charge is 0.278 e. The van der Waals surface area contributed by atoms with Crippen LogP contribution in [0.3, 0.4) is 0 Å². The number of imide groups is 1. The van der Waals surface area contributed by atoms with Gasteiger partial charge in [0.15, 0.2) is 0 Å². The van der Waals surface area contributed by atoms with Gasteiger partial charge in [-0.1, -0.05) is 60.2 Å². The number of carbonyl (C=O) groups excluding carboxylic acids is 2. The van der Waals surface area contributed by atoms with E-state index in [4.69, 9.17) is 0 Å². The van der Waals surface area contributed by atoms with E-state index in [0.29, 0.717) is 17.8 Å². The number of amides is 2. The van der Waals surface area contributed by atoms with Crippen molar-refractivity contribution in [2.24, 2.45) is 0 Å². The predicted octanol–water partition coefficient (Wildman–Crippen LogP) is 3.70. The summed E-state index contributed by atoms with van der Waals surface area (Å²) in [5.74, 6) is -0.532. The SMILES string of the molecule is C=CCN1C(=O)C(c2ccc(C)cc2C)=C(N(C)Cc2ccccc2)C1=O. The summed E-state index contributed by atoms with van der Waals surface area (Å²) < 4.78 is 0. The normalized spacial score (nSPS) is 14.1. The lowest BCUT2D eigenvalue weighted by Crippen LogP contribution is -2.34. The molecule has 0 saturated heterocycles. The molecule has 27 heavy (non-hydrogen) atoms. The van der Waals surface area contributed by atoms with Crippen LogP contribution in [0, 0.1) is 13.8 Å². The molecule has 0 saturated carbocycles. The number of rotatable bonds is 6. The Hall–Kier alpha value is -3.14. The Morgan fingerprint density at radius 2 is 1.74 bits per heavy atom. The van der Waals surface area contributed by atoms with Gasteiger partial charge < -0.3 is 4.90 Å². The third-order valence-electron chi connectivity index (χ3n) is 4.75. The second kappa shape index (κ2) is 7.62. The van der Waals surface area contributed by atoms with Crippen LogP contribution in [0.1, 0.15) is 22.3 Å². The van der Waals surface area contributed by atoms with Crippen molar-refractivity contribution in [1.82, 2.24) is 9.80 Å². The van der Waals surface area contributed by atoms with Gasteiger partial charge in [-0.2, -0.15) is 0 Å². The predicted molar refractivity (Wildman–Crippen MR) is 108 cm³/mol. The third-order valence-corrected chi connectivity index (χ3v) is 4.75. The second-order valence-corrected chi connectivity index (χ2v) is 6.89. The van der Waals surface area contributed by atoms with Crippen LogP contribution in [-0.2, 0) is 16.1 Å². The number of nitrogens with zero attached hydrogens (tertiary/aromatic N) is 2. The zero-order chi connectivity index (χ0) is 19.6. The molecule has 0 fully saturated rings. The lowest BCUT2D eigenvalue weighted by Gasteiger charge is -2.21. The molecule has 0 unspecified atom stereocenters. The topological polar surface area (TPSA) is 40.6 Å². The molecule has 3 rings (SSSR count). The van der Waals surface area contributed by atoms with Crippen LogP contribution in [0.4, 0.5) is 0 Å². The summed E-state index contributed by atoms with van der Waals surface area (Å²) in [6.07, 6.45) is 1.58. The van der Waals surface area contributed by atoms with Crippen molar-refractivity contribution < 1.29 is 9.59 Å². The number of likely N-dealkylation sites (N-methyl/N-ethyl adjacent to an activating group) is 1. The highest BCUT2D eigenvalue weighted by atomic mass is 16.2. The molecule has 138 valence electrons. The van der Waals surface area contributed by atoms with Gasteiger partial charge in [0.25, 0.3) is 11.8 Å². The first-order valence-corrected chi connectivity index (χ1v) is 8.98. The van der Waals surface area contributed by atoms with Gasteiger partial charge in [0.2, 0.25) is 0 Å². The maximum atomic E-state index is 13.1.